The highest BCUT2D eigenvalue weighted by atomic mass is 32.2. The van der Waals surface area contributed by atoms with Crippen LogP contribution in [0.4, 0.5) is 4.39 Å². The number of aromatic nitrogens is 1. The topological polar surface area (TPSA) is 61.1 Å². The molecule has 4 nitrogen and oxygen atoms in total. The molecule has 0 radical (unpaired) electrons. The predicted octanol–water partition coefficient (Wildman–Crippen LogP) is 1.43. The van der Waals surface area contributed by atoms with Crippen molar-refractivity contribution in [1.29, 1.82) is 0 Å². The second-order valence-electron chi connectivity index (χ2n) is 3.75. The van der Waals surface area contributed by atoms with Crippen molar-refractivity contribution < 1.29 is 17.5 Å². The van der Waals surface area contributed by atoms with Gasteiger partial charge in [0.2, 0.25) is 9.84 Å². The summed E-state index contributed by atoms with van der Waals surface area (Å²) in [4.78, 5) is 0. The zero-order valence-corrected chi connectivity index (χ0v) is 10.1. The van der Waals surface area contributed by atoms with Crippen LogP contribution in [0.5, 0.6) is 0 Å². The van der Waals surface area contributed by atoms with Gasteiger partial charge in [0.25, 0.3) is 0 Å². The molecule has 0 N–H and O–H groups in total. The first kappa shape index (κ1) is 12.5. The summed E-state index contributed by atoms with van der Waals surface area (Å²) in [7, 11) is -3.78. The fourth-order valence-corrected chi connectivity index (χ4v) is 2.96. The summed E-state index contributed by atoms with van der Waals surface area (Å²) in [5.74, 6) is -0.914. The molecule has 2 rings (SSSR count). The number of hydrogen-bond donors (Lipinski definition) is 0. The number of rotatable bonds is 3. The van der Waals surface area contributed by atoms with E-state index in [0.717, 1.165) is 12.3 Å². The van der Waals surface area contributed by atoms with E-state index in [0.29, 0.717) is 5.56 Å². The number of halogens is 1. The molecule has 0 fully saturated rings. The summed E-state index contributed by atoms with van der Waals surface area (Å²) in [5.41, 5.74) is 0.304. The maximum atomic E-state index is 13.0. The summed E-state index contributed by atoms with van der Waals surface area (Å²) in [6.07, 6.45) is 1.11. The highest BCUT2D eigenvalue weighted by molar-refractivity contribution is 7.90. The highest BCUT2D eigenvalue weighted by Gasteiger charge is 2.23. The summed E-state index contributed by atoms with van der Waals surface area (Å²) < 4.78 is 37.2. The van der Waals surface area contributed by atoms with Crippen LogP contribution in [0.1, 0.15) is 5.56 Å². The molecule has 0 saturated heterocycles. The molecular weight excluding hydrogens is 257 g/mol. The normalized spacial score (nSPS) is 11.4. The Bertz CT molecular complexity index is 671. The van der Waals surface area contributed by atoms with Crippen LogP contribution in [0.3, 0.4) is 0 Å². The quantitative estimate of drug-likeness (QED) is 0.624. The number of nitrogens with zero attached hydrogens (tertiary/aromatic N) is 1. The molecule has 1 aromatic heterocycles. The molecule has 0 aliphatic carbocycles. The lowest BCUT2D eigenvalue weighted by Gasteiger charge is -2.05. The maximum absolute atomic E-state index is 13.0. The number of hydrogen-bond acceptors (Lipinski definition) is 3. The molecular formula is C12H10FNO3S. The van der Waals surface area contributed by atoms with Crippen molar-refractivity contribution in [2.75, 3.05) is 0 Å². The third-order valence-corrected chi connectivity index (χ3v) is 4.02. The zero-order chi connectivity index (χ0) is 13.2. The van der Waals surface area contributed by atoms with Crippen molar-refractivity contribution >= 4 is 9.84 Å². The molecule has 0 spiro atoms. The van der Waals surface area contributed by atoms with E-state index in [1.54, 1.807) is 0 Å². The first-order chi connectivity index (χ1) is 8.49. The molecule has 0 atom stereocenters. The van der Waals surface area contributed by atoms with Crippen molar-refractivity contribution in [1.82, 2.24) is 0 Å². The van der Waals surface area contributed by atoms with Crippen LogP contribution in [0, 0.1) is 11.0 Å². The molecule has 6 heteroatoms. The van der Waals surface area contributed by atoms with E-state index in [9.17, 15) is 18.0 Å². The lowest BCUT2D eigenvalue weighted by molar-refractivity contribution is -0.646. The van der Waals surface area contributed by atoms with Crippen LogP contribution in [-0.2, 0) is 15.6 Å². The van der Waals surface area contributed by atoms with E-state index >= 15 is 0 Å². The van der Waals surface area contributed by atoms with Crippen LogP contribution in [0.2, 0.25) is 0 Å². The van der Waals surface area contributed by atoms with E-state index in [1.807, 2.05) is 0 Å². The molecule has 0 bridgehead atoms. The van der Waals surface area contributed by atoms with Crippen molar-refractivity contribution in [3.05, 3.63) is 65.2 Å². The SMILES string of the molecule is O=S(=O)(Cc1cccc(F)c1)c1cccc[n+]1[O-]. The Labute approximate surface area is 104 Å². The molecule has 94 valence electrons. The molecule has 0 unspecified atom stereocenters. The number of pyridine rings is 1. The van der Waals surface area contributed by atoms with Crippen molar-refractivity contribution in [2.24, 2.45) is 0 Å². The number of benzene rings is 1. The first-order valence-corrected chi connectivity index (χ1v) is 6.80. The van der Waals surface area contributed by atoms with Crippen molar-refractivity contribution in [3.8, 4) is 0 Å². The fraction of sp³-hybridized carbons (Fsp3) is 0.0833. The standard InChI is InChI=1S/C12H10FNO3S/c13-11-5-3-4-10(8-11)9-18(16,17)12-6-1-2-7-14(12)15/h1-8H,9H2. The minimum atomic E-state index is -3.78. The average molecular weight is 267 g/mol. The summed E-state index contributed by atoms with van der Waals surface area (Å²) in [6.45, 7) is 0. The third kappa shape index (κ3) is 2.65. The summed E-state index contributed by atoms with van der Waals surface area (Å²) in [6, 6.07) is 9.42. The van der Waals surface area contributed by atoms with Crippen LogP contribution in [0.15, 0.2) is 53.7 Å². The Morgan fingerprint density at radius 2 is 1.94 bits per heavy atom. The third-order valence-electron chi connectivity index (χ3n) is 2.35. The van der Waals surface area contributed by atoms with Crippen LogP contribution in [-0.4, -0.2) is 8.42 Å². The van der Waals surface area contributed by atoms with Gasteiger partial charge in [0.05, 0.1) is 5.75 Å². The highest BCUT2D eigenvalue weighted by Crippen LogP contribution is 2.13. The van der Waals surface area contributed by atoms with E-state index in [1.165, 1.54) is 36.4 Å². The second-order valence-corrected chi connectivity index (χ2v) is 5.69. The Kier molecular flexibility index (Phi) is 3.29. The lowest BCUT2D eigenvalue weighted by Crippen LogP contribution is -2.33. The molecule has 1 heterocycles. The van der Waals surface area contributed by atoms with Gasteiger partial charge in [-0.2, -0.15) is 4.73 Å². The fourth-order valence-electron chi connectivity index (χ4n) is 1.57. The van der Waals surface area contributed by atoms with Crippen LogP contribution >= 0.6 is 0 Å². The molecule has 1 aromatic carbocycles. The van der Waals surface area contributed by atoms with Gasteiger partial charge < -0.3 is 5.21 Å². The van der Waals surface area contributed by atoms with E-state index in [4.69, 9.17) is 0 Å². The largest absolute Gasteiger partial charge is 0.618 e. The van der Waals surface area contributed by atoms with E-state index in [-0.39, 0.29) is 9.76 Å². The van der Waals surface area contributed by atoms with Gasteiger partial charge >= 0.3 is 5.03 Å². The molecule has 0 aliphatic heterocycles. The minimum absolute atomic E-state index is 0.286. The van der Waals surface area contributed by atoms with Crippen LogP contribution < -0.4 is 4.73 Å². The van der Waals surface area contributed by atoms with Gasteiger partial charge in [0.1, 0.15) is 5.82 Å². The van der Waals surface area contributed by atoms with Gasteiger partial charge in [-0.05, 0) is 23.8 Å². The number of sulfone groups is 1. The Morgan fingerprint density at radius 1 is 1.17 bits per heavy atom. The van der Waals surface area contributed by atoms with Crippen molar-refractivity contribution in [3.63, 3.8) is 0 Å². The summed E-state index contributed by atoms with van der Waals surface area (Å²) >= 11 is 0. The second kappa shape index (κ2) is 4.73. The van der Waals surface area contributed by atoms with Gasteiger partial charge in [-0.3, -0.25) is 0 Å². The molecule has 0 aliphatic rings. The monoisotopic (exact) mass is 267 g/mol. The van der Waals surface area contributed by atoms with Gasteiger partial charge in [-0.1, -0.05) is 12.1 Å². The smallest absolute Gasteiger partial charge is 0.308 e. The van der Waals surface area contributed by atoms with Gasteiger partial charge in [-0.25, -0.2) is 12.8 Å². The lowest BCUT2D eigenvalue weighted by atomic mass is 10.2. The van der Waals surface area contributed by atoms with E-state index in [2.05, 4.69) is 0 Å². The zero-order valence-electron chi connectivity index (χ0n) is 9.28. The molecule has 18 heavy (non-hydrogen) atoms. The van der Waals surface area contributed by atoms with E-state index < -0.39 is 21.4 Å². The van der Waals surface area contributed by atoms with Crippen LogP contribution in [0.25, 0.3) is 0 Å². The molecule has 0 amide bonds. The predicted molar refractivity (Wildman–Crippen MR) is 62.7 cm³/mol. The first-order valence-electron chi connectivity index (χ1n) is 5.14. The van der Waals surface area contributed by atoms with Crippen molar-refractivity contribution in [2.45, 2.75) is 10.8 Å². The van der Waals surface area contributed by atoms with Gasteiger partial charge in [0.15, 0.2) is 6.20 Å². The Hall–Kier alpha value is -1.95. The Balaban J connectivity index is 2.37. The van der Waals surface area contributed by atoms with Gasteiger partial charge in [0, 0.05) is 12.1 Å². The summed E-state index contributed by atoms with van der Waals surface area (Å²) in [5, 5.41) is 11.0. The minimum Gasteiger partial charge on any atom is -0.618 e. The average Bonchev–Trinajstić information content (AvgIpc) is 2.28. The molecule has 0 saturated carbocycles. The van der Waals surface area contributed by atoms with Gasteiger partial charge in [-0.15, -0.1) is 0 Å². The Morgan fingerprint density at radius 3 is 2.61 bits per heavy atom. The molecule has 2 aromatic rings. The maximum Gasteiger partial charge on any atom is 0.308 e.